The maximum absolute atomic E-state index is 12.3. The van der Waals surface area contributed by atoms with Crippen molar-refractivity contribution in [2.75, 3.05) is 11.1 Å². The first kappa shape index (κ1) is 13.6. The van der Waals surface area contributed by atoms with Gasteiger partial charge in [0.1, 0.15) is 5.69 Å². The van der Waals surface area contributed by atoms with E-state index >= 15 is 0 Å². The molecule has 9 nitrogen and oxygen atoms in total. The number of aromatic nitrogens is 5. The number of rotatable bonds is 4. The first-order valence-electron chi connectivity index (χ1n) is 6.41. The number of H-pyrrole nitrogens is 3. The Morgan fingerprint density at radius 3 is 2.50 bits per heavy atom. The molecular weight excluding hydrogens is 286 g/mol. The third-order valence-electron chi connectivity index (χ3n) is 3.05. The van der Waals surface area contributed by atoms with Gasteiger partial charge in [-0.25, -0.2) is 9.89 Å². The summed E-state index contributed by atoms with van der Waals surface area (Å²) in [6.45, 7) is 1.66. The maximum atomic E-state index is 12.3. The highest BCUT2D eigenvalue weighted by molar-refractivity contribution is 6.08. The Balaban J connectivity index is 1.80. The number of nitrogens with zero attached hydrogens (tertiary/aromatic N) is 2. The lowest BCUT2D eigenvalue weighted by molar-refractivity contribution is 0.103. The number of nitrogens with two attached hydrogens (primary N) is 1. The number of nitrogen functional groups attached to an aromatic ring is 1. The zero-order chi connectivity index (χ0) is 15.7. The molecule has 3 rings (SSSR count). The molecule has 0 aliphatic carbocycles. The van der Waals surface area contributed by atoms with Crippen molar-refractivity contribution in [2.45, 2.75) is 6.92 Å². The molecule has 0 amide bonds. The number of hydrogen-bond acceptors (Lipinski definition) is 6. The lowest BCUT2D eigenvalue weighted by Gasteiger charge is -2.03. The lowest BCUT2D eigenvalue weighted by Crippen LogP contribution is -2.06. The van der Waals surface area contributed by atoms with Crippen LogP contribution in [0.5, 0.6) is 0 Å². The van der Waals surface area contributed by atoms with Gasteiger partial charge in [-0.1, -0.05) is 0 Å². The van der Waals surface area contributed by atoms with E-state index in [9.17, 15) is 9.59 Å². The average molecular weight is 299 g/mol. The summed E-state index contributed by atoms with van der Waals surface area (Å²) in [4.78, 5) is 32.4. The van der Waals surface area contributed by atoms with E-state index in [4.69, 9.17) is 5.73 Å². The minimum Gasteiger partial charge on any atom is -0.368 e. The van der Waals surface area contributed by atoms with Gasteiger partial charge in [0.05, 0.1) is 0 Å². The quantitative estimate of drug-likeness (QED) is 0.448. The van der Waals surface area contributed by atoms with Crippen LogP contribution in [-0.2, 0) is 0 Å². The van der Waals surface area contributed by atoms with Gasteiger partial charge in [0, 0.05) is 16.9 Å². The average Bonchev–Trinajstić information content (AvgIpc) is 3.04. The van der Waals surface area contributed by atoms with E-state index in [0.717, 1.165) is 0 Å². The van der Waals surface area contributed by atoms with Gasteiger partial charge in [-0.05, 0) is 31.2 Å². The van der Waals surface area contributed by atoms with Crippen molar-refractivity contribution < 1.29 is 4.79 Å². The molecule has 3 aromatic rings. The van der Waals surface area contributed by atoms with Crippen LogP contribution in [-0.4, -0.2) is 30.9 Å². The standard InChI is InChI=1S/C13H13N7O2/c1-6-9(17-13(22)15-6)10(21)7-2-4-8(5-3-7)16-12-18-11(14)19-20-12/h2-5H,1H3,(H2,15,17,22)(H4,14,16,18,19,20). The summed E-state index contributed by atoms with van der Waals surface area (Å²) >= 11 is 0. The fraction of sp³-hybridized carbons (Fsp3) is 0.0769. The zero-order valence-electron chi connectivity index (χ0n) is 11.6. The number of hydrogen-bond donors (Lipinski definition) is 5. The van der Waals surface area contributed by atoms with Crippen molar-refractivity contribution in [3.63, 3.8) is 0 Å². The van der Waals surface area contributed by atoms with E-state index in [1.54, 1.807) is 31.2 Å². The Bertz CT molecular complexity index is 872. The van der Waals surface area contributed by atoms with Crippen LogP contribution < -0.4 is 16.7 Å². The molecule has 0 atom stereocenters. The monoisotopic (exact) mass is 299 g/mol. The minimum atomic E-state index is -0.402. The molecule has 1 aromatic carbocycles. The van der Waals surface area contributed by atoms with Crippen molar-refractivity contribution in [1.29, 1.82) is 0 Å². The van der Waals surface area contributed by atoms with E-state index < -0.39 is 5.69 Å². The first-order valence-corrected chi connectivity index (χ1v) is 6.41. The molecule has 0 bridgehead atoms. The van der Waals surface area contributed by atoms with E-state index in [1.165, 1.54) is 0 Å². The van der Waals surface area contributed by atoms with Crippen LogP contribution in [0.3, 0.4) is 0 Å². The maximum Gasteiger partial charge on any atom is 0.323 e. The number of carbonyl (C=O) groups excluding carboxylic acids is 1. The van der Waals surface area contributed by atoms with Crippen LogP contribution in [0, 0.1) is 6.92 Å². The zero-order valence-corrected chi connectivity index (χ0v) is 11.6. The van der Waals surface area contributed by atoms with Crippen molar-refractivity contribution in [3.05, 3.63) is 51.7 Å². The Hall–Kier alpha value is -3.36. The van der Waals surface area contributed by atoms with E-state index in [0.29, 0.717) is 22.9 Å². The summed E-state index contributed by atoms with van der Waals surface area (Å²) in [5.74, 6) is 0.285. The van der Waals surface area contributed by atoms with Crippen LogP contribution in [0.2, 0.25) is 0 Å². The van der Waals surface area contributed by atoms with E-state index in [-0.39, 0.29) is 17.4 Å². The SMILES string of the molecule is Cc1[nH]c(=O)[nH]c1C(=O)c1ccc(Nc2n[nH]c(N)n2)cc1. The molecule has 0 aliphatic rings. The van der Waals surface area contributed by atoms with Crippen molar-refractivity contribution >= 4 is 23.4 Å². The van der Waals surface area contributed by atoms with Crippen molar-refractivity contribution in [1.82, 2.24) is 25.1 Å². The van der Waals surface area contributed by atoms with Crippen LogP contribution in [0.4, 0.5) is 17.6 Å². The number of ketones is 1. The van der Waals surface area contributed by atoms with Crippen LogP contribution in [0.15, 0.2) is 29.1 Å². The largest absolute Gasteiger partial charge is 0.368 e. The van der Waals surface area contributed by atoms with Crippen LogP contribution in [0.1, 0.15) is 21.7 Å². The predicted molar refractivity (Wildman–Crippen MR) is 80.1 cm³/mol. The van der Waals surface area contributed by atoms with Gasteiger partial charge in [0.2, 0.25) is 17.7 Å². The number of imidazole rings is 1. The number of benzene rings is 1. The molecule has 22 heavy (non-hydrogen) atoms. The Morgan fingerprint density at radius 1 is 1.23 bits per heavy atom. The number of carbonyl (C=O) groups is 1. The van der Waals surface area contributed by atoms with E-state index in [2.05, 4.69) is 30.5 Å². The fourth-order valence-electron chi connectivity index (χ4n) is 2.01. The van der Waals surface area contributed by atoms with Gasteiger partial charge >= 0.3 is 5.69 Å². The second-order valence-corrected chi connectivity index (χ2v) is 4.65. The van der Waals surface area contributed by atoms with Gasteiger partial charge in [-0.3, -0.25) is 4.79 Å². The van der Waals surface area contributed by atoms with Gasteiger partial charge < -0.3 is 21.0 Å². The molecule has 6 N–H and O–H groups in total. The molecule has 2 aromatic heterocycles. The minimum absolute atomic E-state index is 0.209. The van der Waals surface area contributed by atoms with Gasteiger partial charge in [-0.15, -0.1) is 5.10 Å². The van der Waals surface area contributed by atoms with Crippen molar-refractivity contribution in [2.24, 2.45) is 0 Å². The highest BCUT2D eigenvalue weighted by atomic mass is 16.1. The molecule has 0 radical (unpaired) electrons. The van der Waals surface area contributed by atoms with Crippen LogP contribution in [0.25, 0.3) is 0 Å². The molecule has 0 unspecified atom stereocenters. The van der Waals surface area contributed by atoms with Crippen molar-refractivity contribution in [3.8, 4) is 0 Å². The fourth-order valence-corrected chi connectivity index (χ4v) is 2.01. The molecule has 112 valence electrons. The van der Waals surface area contributed by atoms with E-state index in [1.807, 2.05) is 0 Å². The molecule has 0 fully saturated rings. The summed E-state index contributed by atoms with van der Waals surface area (Å²) in [6, 6.07) is 6.70. The third-order valence-corrected chi connectivity index (χ3v) is 3.05. The highest BCUT2D eigenvalue weighted by Crippen LogP contribution is 2.16. The second kappa shape index (κ2) is 5.20. The number of aromatic amines is 3. The molecule has 0 saturated carbocycles. The highest BCUT2D eigenvalue weighted by Gasteiger charge is 2.14. The summed E-state index contributed by atoms with van der Waals surface area (Å²) in [7, 11) is 0. The van der Waals surface area contributed by atoms with Crippen LogP contribution >= 0.6 is 0 Å². The smallest absolute Gasteiger partial charge is 0.323 e. The number of nitrogens with one attached hydrogen (secondary N) is 4. The van der Waals surface area contributed by atoms with Gasteiger partial charge in [0.15, 0.2) is 0 Å². The Labute approximate surface area is 124 Å². The predicted octanol–water partition coefficient (Wildman–Crippen LogP) is 0.686. The van der Waals surface area contributed by atoms with Gasteiger partial charge in [-0.2, -0.15) is 4.98 Å². The molecular formula is C13H13N7O2. The molecule has 0 spiro atoms. The summed E-state index contributed by atoms with van der Waals surface area (Å²) in [5.41, 5.74) is 6.95. The Morgan fingerprint density at radius 2 is 1.95 bits per heavy atom. The third kappa shape index (κ3) is 2.59. The number of aryl methyl sites for hydroxylation is 1. The first-order chi connectivity index (χ1) is 10.5. The molecule has 9 heteroatoms. The Kier molecular flexibility index (Phi) is 3.22. The number of anilines is 3. The summed E-state index contributed by atoms with van der Waals surface area (Å²) in [6.07, 6.45) is 0. The summed E-state index contributed by atoms with van der Waals surface area (Å²) < 4.78 is 0. The molecule has 0 aliphatic heterocycles. The normalized spacial score (nSPS) is 10.6. The second-order valence-electron chi connectivity index (χ2n) is 4.65. The topological polar surface area (TPSA) is 145 Å². The molecule has 2 heterocycles. The molecule has 0 saturated heterocycles. The summed E-state index contributed by atoms with van der Waals surface area (Å²) in [5, 5.41) is 9.30. The van der Waals surface area contributed by atoms with Gasteiger partial charge in [0.25, 0.3) is 0 Å². The lowest BCUT2D eigenvalue weighted by atomic mass is 10.1.